The molecule has 0 spiro atoms. The number of aliphatic hydroxyl groups excluding tert-OH is 1. The van der Waals surface area contributed by atoms with Crippen LogP contribution in [0.3, 0.4) is 0 Å². The van der Waals surface area contributed by atoms with Crippen LogP contribution >= 0.6 is 0 Å². The third-order valence-corrected chi connectivity index (χ3v) is 5.84. The zero-order valence-electron chi connectivity index (χ0n) is 18.0. The Morgan fingerprint density at radius 1 is 1.16 bits per heavy atom. The van der Waals surface area contributed by atoms with Crippen molar-refractivity contribution in [1.29, 1.82) is 0 Å². The first-order valence-electron chi connectivity index (χ1n) is 10.5. The molecule has 168 valence electrons. The fourth-order valence-electron chi connectivity index (χ4n) is 4.14. The molecular formula is C23H25FN4O4. The summed E-state index contributed by atoms with van der Waals surface area (Å²) in [5, 5.41) is 11.1. The van der Waals surface area contributed by atoms with Crippen molar-refractivity contribution in [3.05, 3.63) is 64.5 Å². The largest absolute Gasteiger partial charge is 0.507 e. The second-order valence-electron chi connectivity index (χ2n) is 7.91. The van der Waals surface area contributed by atoms with Crippen molar-refractivity contribution < 1.29 is 23.8 Å². The molecule has 0 radical (unpaired) electrons. The number of aryl methyl sites for hydroxylation is 2. The zero-order valence-corrected chi connectivity index (χ0v) is 18.0. The van der Waals surface area contributed by atoms with Gasteiger partial charge in [-0.05, 0) is 31.5 Å². The first kappa shape index (κ1) is 22.0. The molecule has 0 aliphatic carbocycles. The normalized spacial score (nSPS) is 21.3. The number of hydrogen-bond acceptors (Lipinski definition) is 7. The summed E-state index contributed by atoms with van der Waals surface area (Å²) < 4.78 is 18.9. The SMILES string of the molecule is Cc1ncc(/C(O)=C2\C(=O)C(=O)N(CCN3CCOCC3)[C@@H]2c2ccc(F)cc2)c(C)n1. The van der Waals surface area contributed by atoms with E-state index in [-0.39, 0.29) is 23.4 Å². The highest BCUT2D eigenvalue weighted by atomic mass is 19.1. The summed E-state index contributed by atoms with van der Waals surface area (Å²) in [6.45, 7) is 6.98. The highest BCUT2D eigenvalue weighted by molar-refractivity contribution is 6.46. The number of hydrogen-bond donors (Lipinski definition) is 1. The van der Waals surface area contributed by atoms with Crippen LogP contribution in [-0.2, 0) is 14.3 Å². The van der Waals surface area contributed by atoms with Crippen LogP contribution in [0.15, 0.2) is 36.0 Å². The zero-order chi connectivity index (χ0) is 22.8. The molecule has 3 heterocycles. The van der Waals surface area contributed by atoms with Gasteiger partial charge < -0.3 is 14.7 Å². The summed E-state index contributed by atoms with van der Waals surface area (Å²) in [4.78, 5) is 38.0. The van der Waals surface area contributed by atoms with Gasteiger partial charge in [0.05, 0.1) is 36.1 Å². The van der Waals surface area contributed by atoms with E-state index in [0.717, 1.165) is 13.1 Å². The van der Waals surface area contributed by atoms with Crippen LogP contribution in [0.2, 0.25) is 0 Å². The number of Topliss-reactive ketones (excluding diaryl/α,β-unsaturated/α-hetero) is 1. The lowest BCUT2D eigenvalue weighted by molar-refractivity contribution is -0.140. The smallest absolute Gasteiger partial charge is 0.295 e. The van der Waals surface area contributed by atoms with Crippen LogP contribution in [0.1, 0.15) is 28.7 Å². The number of halogens is 1. The Labute approximate surface area is 185 Å². The number of carbonyl (C=O) groups is 2. The van der Waals surface area contributed by atoms with Crippen molar-refractivity contribution >= 4 is 17.4 Å². The Morgan fingerprint density at radius 2 is 1.84 bits per heavy atom. The maximum Gasteiger partial charge on any atom is 0.295 e. The fourth-order valence-corrected chi connectivity index (χ4v) is 4.14. The second-order valence-corrected chi connectivity index (χ2v) is 7.91. The van der Waals surface area contributed by atoms with E-state index in [1.165, 1.54) is 35.4 Å². The first-order chi connectivity index (χ1) is 15.4. The van der Waals surface area contributed by atoms with E-state index in [0.29, 0.717) is 36.8 Å². The van der Waals surface area contributed by atoms with Gasteiger partial charge in [-0.25, -0.2) is 14.4 Å². The lowest BCUT2D eigenvalue weighted by atomic mass is 9.95. The van der Waals surface area contributed by atoms with E-state index in [4.69, 9.17) is 4.74 Å². The molecule has 0 saturated carbocycles. The molecule has 2 saturated heterocycles. The number of nitrogens with zero attached hydrogens (tertiary/aromatic N) is 4. The number of aromatic nitrogens is 2. The van der Waals surface area contributed by atoms with Gasteiger partial charge in [-0.1, -0.05) is 12.1 Å². The summed E-state index contributed by atoms with van der Waals surface area (Å²) in [5.74, 6) is -1.70. The lowest BCUT2D eigenvalue weighted by Gasteiger charge is -2.31. The molecule has 2 fully saturated rings. The van der Waals surface area contributed by atoms with Crippen LogP contribution in [0.5, 0.6) is 0 Å². The monoisotopic (exact) mass is 440 g/mol. The number of likely N-dealkylation sites (tertiary alicyclic amines) is 1. The average molecular weight is 440 g/mol. The third kappa shape index (κ3) is 4.26. The van der Waals surface area contributed by atoms with Gasteiger partial charge in [0.25, 0.3) is 11.7 Å². The highest BCUT2D eigenvalue weighted by Gasteiger charge is 2.46. The Morgan fingerprint density at radius 3 is 2.50 bits per heavy atom. The summed E-state index contributed by atoms with van der Waals surface area (Å²) >= 11 is 0. The minimum absolute atomic E-state index is 0.0425. The highest BCUT2D eigenvalue weighted by Crippen LogP contribution is 2.39. The molecule has 32 heavy (non-hydrogen) atoms. The quantitative estimate of drug-likeness (QED) is 0.432. The van der Waals surface area contributed by atoms with Gasteiger partial charge in [0.15, 0.2) is 0 Å². The minimum atomic E-state index is -0.836. The van der Waals surface area contributed by atoms with Crippen LogP contribution < -0.4 is 0 Å². The number of rotatable bonds is 5. The molecule has 0 bridgehead atoms. The maximum absolute atomic E-state index is 13.6. The van der Waals surface area contributed by atoms with E-state index in [1.54, 1.807) is 13.8 Å². The van der Waals surface area contributed by atoms with Crippen LogP contribution in [0, 0.1) is 19.7 Å². The van der Waals surface area contributed by atoms with E-state index >= 15 is 0 Å². The van der Waals surface area contributed by atoms with Crippen LogP contribution in [-0.4, -0.2) is 76.0 Å². The van der Waals surface area contributed by atoms with Crippen molar-refractivity contribution in [2.45, 2.75) is 19.9 Å². The molecule has 2 aliphatic heterocycles. The van der Waals surface area contributed by atoms with Gasteiger partial charge >= 0.3 is 0 Å². The number of aliphatic hydroxyl groups is 1. The maximum atomic E-state index is 13.6. The fraction of sp³-hybridized carbons (Fsp3) is 0.391. The molecule has 4 rings (SSSR count). The summed E-state index contributed by atoms with van der Waals surface area (Å²) in [6, 6.07) is 4.77. The van der Waals surface area contributed by atoms with E-state index in [1.807, 2.05) is 0 Å². The molecule has 2 aromatic rings. The predicted molar refractivity (Wildman–Crippen MR) is 114 cm³/mol. The molecule has 2 aliphatic rings. The van der Waals surface area contributed by atoms with E-state index in [9.17, 15) is 19.1 Å². The number of carbonyl (C=O) groups excluding carboxylic acids is 2. The average Bonchev–Trinajstić information content (AvgIpc) is 3.03. The molecule has 1 aromatic carbocycles. The molecule has 9 heteroatoms. The Balaban J connectivity index is 1.75. The van der Waals surface area contributed by atoms with Crippen molar-refractivity contribution in [1.82, 2.24) is 19.8 Å². The number of benzene rings is 1. The standard InChI is InChI=1S/C23H25FN4O4/c1-14-18(13-25-15(2)26-14)21(29)19-20(16-3-5-17(24)6-4-16)28(23(31)22(19)30)8-7-27-9-11-32-12-10-27/h3-6,13,20,29H,7-12H2,1-2H3/b21-19+/t20-/m1/s1. The van der Waals surface area contributed by atoms with Gasteiger partial charge in [0.2, 0.25) is 0 Å². The molecule has 8 nitrogen and oxygen atoms in total. The van der Waals surface area contributed by atoms with Crippen molar-refractivity contribution in [3.63, 3.8) is 0 Å². The predicted octanol–water partition coefficient (Wildman–Crippen LogP) is 1.99. The Kier molecular flexibility index (Phi) is 6.29. The van der Waals surface area contributed by atoms with Gasteiger partial charge in [-0.2, -0.15) is 0 Å². The van der Waals surface area contributed by atoms with E-state index < -0.39 is 23.5 Å². The van der Waals surface area contributed by atoms with Crippen molar-refractivity contribution in [2.24, 2.45) is 0 Å². The molecule has 1 N–H and O–H groups in total. The van der Waals surface area contributed by atoms with Crippen LogP contribution in [0.4, 0.5) is 4.39 Å². The molecule has 1 atom stereocenters. The molecule has 1 amide bonds. The number of amides is 1. The molecular weight excluding hydrogens is 415 g/mol. The second kappa shape index (κ2) is 9.13. The van der Waals surface area contributed by atoms with Gasteiger partial charge in [0, 0.05) is 32.4 Å². The van der Waals surface area contributed by atoms with Crippen LogP contribution in [0.25, 0.3) is 5.76 Å². The molecule has 1 aromatic heterocycles. The number of morpholine rings is 1. The van der Waals surface area contributed by atoms with Gasteiger partial charge in [0.1, 0.15) is 17.4 Å². The Hall–Kier alpha value is -3.17. The third-order valence-electron chi connectivity index (χ3n) is 5.84. The van der Waals surface area contributed by atoms with E-state index in [2.05, 4.69) is 14.9 Å². The number of ketones is 1. The molecule has 0 unspecified atom stereocenters. The van der Waals surface area contributed by atoms with Gasteiger partial charge in [-0.15, -0.1) is 0 Å². The van der Waals surface area contributed by atoms with Crippen molar-refractivity contribution in [3.8, 4) is 0 Å². The van der Waals surface area contributed by atoms with Crippen molar-refractivity contribution in [2.75, 3.05) is 39.4 Å². The van der Waals surface area contributed by atoms with Gasteiger partial charge in [-0.3, -0.25) is 14.5 Å². The topological polar surface area (TPSA) is 95.9 Å². The Bertz CT molecular complexity index is 1060. The summed E-state index contributed by atoms with van der Waals surface area (Å²) in [7, 11) is 0. The minimum Gasteiger partial charge on any atom is -0.507 e. The first-order valence-corrected chi connectivity index (χ1v) is 10.5. The lowest BCUT2D eigenvalue weighted by Crippen LogP contribution is -2.42. The summed E-state index contributed by atoms with van der Waals surface area (Å²) in [5.41, 5.74) is 1.28. The summed E-state index contributed by atoms with van der Waals surface area (Å²) in [6.07, 6.45) is 1.44. The number of ether oxygens (including phenoxy) is 1.